The Hall–Kier alpha value is -3.00. The summed E-state index contributed by atoms with van der Waals surface area (Å²) >= 11 is 4.99. The van der Waals surface area contributed by atoms with Crippen LogP contribution in [-0.4, -0.2) is 23.5 Å². The lowest BCUT2D eigenvalue weighted by Crippen LogP contribution is -2.47. The van der Waals surface area contributed by atoms with E-state index in [1.54, 1.807) is 0 Å². The third kappa shape index (κ3) is 6.96. The van der Waals surface area contributed by atoms with Gasteiger partial charge in [0.25, 0.3) is 5.91 Å². The van der Waals surface area contributed by atoms with Crippen molar-refractivity contribution in [1.29, 1.82) is 0 Å². The zero-order valence-corrected chi connectivity index (χ0v) is 14.0. The Morgan fingerprint density at radius 1 is 0.920 bits per heavy atom. The van der Waals surface area contributed by atoms with Gasteiger partial charge in [-0.3, -0.25) is 20.4 Å². The number of benzene rings is 2. The van der Waals surface area contributed by atoms with Crippen LogP contribution >= 0.6 is 12.2 Å². The molecule has 0 radical (unpaired) electrons. The first-order chi connectivity index (χ1) is 12.0. The number of hydrogen-bond acceptors (Lipinski definition) is 3. The van der Waals surface area contributed by atoms with E-state index in [-0.39, 0.29) is 29.8 Å². The zero-order valence-electron chi connectivity index (χ0n) is 13.2. The van der Waals surface area contributed by atoms with Crippen LogP contribution in [0.2, 0.25) is 0 Å². The summed E-state index contributed by atoms with van der Waals surface area (Å²) in [4.78, 5) is 23.4. The molecule has 2 amide bonds. The normalized spacial score (nSPS) is 9.80. The minimum Gasteiger partial charge on any atom is -0.347 e. The fourth-order valence-corrected chi connectivity index (χ4v) is 2.06. The Morgan fingerprint density at radius 2 is 1.60 bits per heavy atom. The molecule has 0 aliphatic carbocycles. The van der Waals surface area contributed by atoms with E-state index in [0.29, 0.717) is 5.69 Å². The van der Waals surface area contributed by atoms with Crippen molar-refractivity contribution < 1.29 is 14.0 Å². The Morgan fingerprint density at radius 3 is 2.28 bits per heavy atom. The number of carbonyl (C=O) groups excluding carboxylic acids is 2. The fourth-order valence-electron chi connectivity index (χ4n) is 1.89. The summed E-state index contributed by atoms with van der Waals surface area (Å²) in [5.74, 6) is -1.07. The SMILES string of the molecule is O=C(Cc1ccccc1)NCC(=O)NNC(=S)Nc1ccc(F)cc1. The molecule has 0 aliphatic rings. The quantitative estimate of drug-likeness (QED) is 0.480. The van der Waals surface area contributed by atoms with Gasteiger partial charge in [0.05, 0.1) is 13.0 Å². The number of anilines is 1. The molecule has 25 heavy (non-hydrogen) atoms. The third-order valence-electron chi connectivity index (χ3n) is 3.07. The summed E-state index contributed by atoms with van der Waals surface area (Å²) in [7, 11) is 0. The Labute approximate surface area is 149 Å². The molecule has 0 aromatic heterocycles. The molecule has 0 atom stereocenters. The van der Waals surface area contributed by atoms with Crippen LogP contribution in [0.15, 0.2) is 54.6 Å². The molecule has 2 rings (SSSR count). The van der Waals surface area contributed by atoms with Crippen molar-refractivity contribution in [2.45, 2.75) is 6.42 Å². The molecule has 130 valence electrons. The highest BCUT2D eigenvalue weighted by Gasteiger charge is 2.07. The van der Waals surface area contributed by atoms with Gasteiger partial charge in [0, 0.05) is 5.69 Å². The van der Waals surface area contributed by atoms with Gasteiger partial charge in [-0.15, -0.1) is 0 Å². The van der Waals surface area contributed by atoms with E-state index in [1.807, 2.05) is 30.3 Å². The summed E-state index contributed by atoms with van der Waals surface area (Å²) in [6.07, 6.45) is 0.200. The average molecular weight is 360 g/mol. The topological polar surface area (TPSA) is 82.3 Å². The van der Waals surface area contributed by atoms with E-state index in [1.165, 1.54) is 24.3 Å². The van der Waals surface area contributed by atoms with E-state index in [4.69, 9.17) is 12.2 Å². The highest BCUT2D eigenvalue weighted by molar-refractivity contribution is 7.80. The number of rotatable bonds is 5. The van der Waals surface area contributed by atoms with Crippen LogP contribution in [-0.2, 0) is 16.0 Å². The van der Waals surface area contributed by atoms with Crippen LogP contribution in [0.3, 0.4) is 0 Å². The number of nitrogens with one attached hydrogen (secondary N) is 4. The summed E-state index contributed by atoms with van der Waals surface area (Å²) in [5, 5.41) is 5.42. The predicted octanol–water partition coefficient (Wildman–Crippen LogP) is 1.50. The van der Waals surface area contributed by atoms with Gasteiger partial charge < -0.3 is 10.6 Å². The Balaban J connectivity index is 1.65. The van der Waals surface area contributed by atoms with Gasteiger partial charge in [-0.25, -0.2) is 4.39 Å². The molecule has 0 heterocycles. The molecule has 0 saturated carbocycles. The predicted molar refractivity (Wildman–Crippen MR) is 97.1 cm³/mol. The van der Waals surface area contributed by atoms with Crippen molar-refractivity contribution in [2.75, 3.05) is 11.9 Å². The van der Waals surface area contributed by atoms with Crippen molar-refractivity contribution >= 4 is 34.8 Å². The Kier molecular flexibility index (Phi) is 6.85. The largest absolute Gasteiger partial charge is 0.347 e. The second-order valence-corrected chi connectivity index (χ2v) is 5.48. The van der Waals surface area contributed by atoms with Crippen LogP contribution in [0.1, 0.15) is 5.56 Å². The third-order valence-corrected chi connectivity index (χ3v) is 3.28. The van der Waals surface area contributed by atoms with Gasteiger partial charge in [-0.1, -0.05) is 30.3 Å². The molecule has 8 heteroatoms. The van der Waals surface area contributed by atoms with E-state index in [9.17, 15) is 14.0 Å². The average Bonchev–Trinajstić information content (AvgIpc) is 2.61. The molecule has 2 aromatic rings. The molecule has 2 aromatic carbocycles. The number of amides is 2. The molecular formula is C17H17FN4O2S. The lowest BCUT2D eigenvalue weighted by Gasteiger charge is -2.12. The molecule has 0 bridgehead atoms. The van der Waals surface area contributed by atoms with Crippen molar-refractivity contribution in [2.24, 2.45) is 0 Å². The van der Waals surface area contributed by atoms with Crippen LogP contribution in [0.5, 0.6) is 0 Å². The molecule has 0 unspecified atom stereocenters. The van der Waals surface area contributed by atoms with E-state index in [2.05, 4.69) is 21.5 Å². The van der Waals surface area contributed by atoms with Crippen LogP contribution < -0.4 is 21.5 Å². The number of halogens is 1. The first kappa shape index (κ1) is 18.3. The summed E-state index contributed by atoms with van der Waals surface area (Å²) in [5.41, 5.74) is 6.28. The summed E-state index contributed by atoms with van der Waals surface area (Å²) < 4.78 is 12.8. The van der Waals surface area contributed by atoms with Gasteiger partial charge >= 0.3 is 0 Å². The number of hydrazine groups is 1. The van der Waals surface area contributed by atoms with Crippen LogP contribution in [0, 0.1) is 5.82 Å². The van der Waals surface area contributed by atoms with Gasteiger partial charge in [0.15, 0.2) is 5.11 Å². The van der Waals surface area contributed by atoms with E-state index >= 15 is 0 Å². The molecule has 0 saturated heterocycles. The summed E-state index contributed by atoms with van der Waals surface area (Å²) in [6, 6.07) is 14.8. The molecule has 4 N–H and O–H groups in total. The maximum absolute atomic E-state index is 12.8. The zero-order chi connectivity index (χ0) is 18.1. The first-order valence-corrected chi connectivity index (χ1v) is 7.86. The highest BCUT2D eigenvalue weighted by Crippen LogP contribution is 2.07. The second kappa shape index (κ2) is 9.33. The molecule has 0 spiro atoms. The minimum absolute atomic E-state index is 0.135. The first-order valence-electron chi connectivity index (χ1n) is 7.45. The summed E-state index contributed by atoms with van der Waals surface area (Å²) in [6.45, 7) is -0.183. The molecule has 0 aliphatic heterocycles. The maximum Gasteiger partial charge on any atom is 0.257 e. The van der Waals surface area contributed by atoms with Gasteiger partial charge in [-0.2, -0.15) is 0 Å². The minimum atomic E-state index is -0.454. The van der Waals surface area contributed by atoms with E-state index in [0.717, 1.165) is 5.56 Å². The van der Waals surface area contributed by atoms with Crippen molar-refractivity contribution in [3.05, 3.63) is 66.0 Å². The fraction of sp³-hybridized carbons (Fsp3) is 0.118. The highest BCUT2D eigenvalue weighted by atomic mass is 32.1. The smallest absolute Gasteiger partial charge is 0.257 e. The maximum atomic E-state index is 12.8. The van der Waals surface area contributed by atoms with Crippen molar-refractivity contribution in [3.8, 4) is 0 Å². The van der Waals surface area contributed by atoms with Gasteiger partial charge in [0.2, 0.25) is 5.91 Å². The molecular weight excluding hydrogens is 343 g/mol. The monoisotopic (exact) mass is 360 g/mol. The molecule has 0 fully saturated rings. The lowest BCUT2D eigenvalue weighted by molar-refractivity contribution is -0.126. The second-order valence-electron chi connectivity index (χ2n) is 5.07. The standard InChI is InChI=1S/C17H17FN4O2S/c18-13-6-8-14(9-7-13)20-17(25)22-21-16(24)11-19-15(23)10-12-4-2-1-3-5-12/h1-9H,10-11H2,(H,19,23)(H,21,24)(H2,20,22,25). The number of hydrogen-bond donors (Lipinski definition) is 4. The van der Waals surface area contributed by atoms with Crippen molar-refractivity contribution in [3.63, 3.8) is 0 Å². The van der Waals surface area contributed by atoms with Gasteiger partial charge in [0.1, 0.15) is 5.82 Å². The van der Waals surface area contributed by atoms with Gasteiger partial charge in [-0.05, 0) is 42.0 Å². The number of thiocarbonyl (C=S) groups is 1. The lowest BCUT2D eigenvalue weighted by atomic mass is 10.1. The van der Waals surface area contributed by atoms with Crippen LogP contribution in [0.4, 0.5) is 10.1 Å². The number of carbonyl (C=O) groups is 2. The molecule has 6 nitrogen and oxygen atoms in total. The Bertz CT molecular complexity index is 738. The van der Waals surface area contributed by atoms with Crippen LogP contribution in [0.25, 0.3) is 0 Å². The van der Waals surface area contributed by atoms with Crippen molar-refractivity contribution in [1.82, 2.24) is 16.2 Å². The van der Waals surface area contributed by atoms with E-state index < -0.39 is 5.91 Å².